The monoisotopic (exact) mass is 1460 g/mol. The zero-order chi connectivity index (χ0) is 76.7. The highest BCUT2D eigenvalue weighted by atomic mass is 16.4. The number of rotatable bonds is 20. The molecule has 0 aromatic heterocycles. The summed E-state index contributed by atoms with van der Waals surface area (Å²) < 4.78 is 0. The van der Waals surface area contributed by atoms with Crippen molar-refractivity contribution in [1.82, 2.24) is 67.9 Å². The number of hydrogen-bond donors (Lipinski definition) is 18. The lowest BCUT2D eigenvalue weighted by atomic mass is 9.84. The normalized spacial score (nSPS) is 30.1. The van der Waals surface area contributed by atoms with Gasteiger partial charge in [-0.1, -0.05) is 47.0 Å². The van der Waals surface area contributed by atoms with Gasteiger partial charge in [0.25, 0.3) is 0 Å². The van der Waals surface area contributed by atoms with Crippen LogP contribution in [0.4, 0.5) is 0 Å². The molecule has 4 saturated heterocycles. The first-order chi connectivity index (χ1) is 48.6. The predicted molar refractivity (Wildman–Crippen MR) is 368 cm³/mol. The van der Waals surface area contributed by atoms with Crippen LogP contribution in [0.2, 0.25) is 0 Å². The van der Waals surface area contributed by atoms with Crippen LogP contribution in [0.1, 0.15) is 170 Å². The van der Waals surface area contributed by atoms with Crippen LogP contribution in [0.25, 0.3) is 0 Å². The number of carboxylic acids is 1. The van der Waals surface area contributed by atoms with E-state index in [0.29, 0.717) is 38.5 Å². The Bertz CT molecular complexity index is 3080. The molecule has 4 aliphatic heterocycles. The average Bonchev–Trinajstić information content (AvgIpc) is 1.62. The van der Waals surface area contributed by atoms with Crippen molar-refractivity contribution in [3.8, 4) is 0 Å². The van der Waals surface area contributed by atoms with Crippen molar-refractivity contribution in [3.05, 3.63) is 0 Å². The third kappa shape index (κ3) is 23.9. The number of aliphatic hydroxyl groups is 3. The summed E-state index contributed by atoms with van der Waals surface area (Å²) in [5, 5.41) is 67.6. The quantitative estimate of drug-likeness (QED) is 0.0306. The highest BCUT2D eigenvalue weighted by Crippen LogP contribution is 2.41. The molecule has 0 aromatic rings. The molecule has 2 unspecified atom stereocenters. The first kappa shape index (κ1) is 84.8. The maximum atomic E-state index is 15.3. The molecule has 22 N–H and O–H groups in total. The molecule has 5 aliphatic rings. The number of aliphatic carboxylic acids is 1. The van der Waals surface area contributed by atoms with Gasteiger partial charge in [0.2, 0.25) is 82.7 Å². The van der Waals surface area contributed by atoms with E-state index in [1.165, 1.54) is 37.5 Å². The van der Waals surface area contributed by atoms with Crippen molar-refractivity contribution >= 4 is 94.6 Å². The van der Waals surface area contributed by atoms with Crippen LogP contribution in [-0.2, 0) is 71.9 Å². The molecule has 5 fully saturated rings. The minimum atomic E-state index is -1.83. The van der Waals surface area contributed by atoms with Gasteiger partial charge in [-0.25, -0.2) is 0 Å². The van der Waals surface area contributed by atoms with E-state index < -0.39 is 230 Å². The Morgan fingerprint density at radius 2 is 0.971 bits per heavy atom. The van der Waals surface area contributed by atoms with Crippen LogP contribution in [0.15, 0.2) is 4.99 Å². The van der Waals surface area contributed by atoms with E-state index in [0.717, 1.165) is 18.2 Å². The smallest absolute Gasteiger partial charge is 0.303 e. The van der Waals surface area contributed by atoms with E-state index in [4.69, 9.17) is 22.9 Å². The van der Waals surface area contributed by atoms with E-state index in [1.54, 1.807) is 13.8 Å². The second-order valence-electron chi connectivity index (χ2n) is 27.9. The maximum absolute atomic E-state index is 15.3. The molecule has 18 atom stereocenters. The van der Waals surface area contributed by atoms with Gasteiger partial charge in [0.15, 0.2) is 5.96 Å². The van der Waals surface area contributed by atoms with Crippen LogP contribution in [-0.4, -0.2) is 259 Å². The van der Waals surface area contributed by atoms with Crippen LogP contribution >= 0.6 is 0 Å². The van der Waals surface area contributed by atoms with E-state index in [2.05, 4.69) is 58.2 Å². The lowest BCUT2D eigenvalue weighted by Crippen LogP contribution is -2.63. The van der Waals surface area contributed by atoms with Crippen molar-refractivity contribution in [3.63, 3.8) is 0 Å². The number of unbranched alkanes of at least 4 members (excludes halogenated alkanes) is 1. The zero-order valence-corrected chi connectivity index (χ0v) is 60.0. The Kier molecular flexibility index (Phi) is 33.2. The summed E-state index contributed by atoms with van der Waals surface area (Å²) in [6.07, 6.45) is -1.67. The highest BCUT2D eigenvalue weighted by molar-refractivity contribution is 6.01. The lowest BCUT2D eigenvalue weighted by Gasteiger charge is -2.38. The van der Waals surface area contributed by atoms with Crippen LogP contribution in [0, 0.1) is 17.8 Å². The van der Waals surface area contributed by atoms with Crippen molar-refractivity contribution in [2.45, 2.75) is 267 Å². The second-order valence-corrected chi connectivity index (χ2v) is 27.9. The fourth-order valence-electron chi connectivity index (χ4n) is 13.7. The van der Waals surface area contributed by atoms with Gasteiger partial charge in [-0.15, -0.1) is 0 Å². The molecule has 578 valence electrons. The number of aliphatic hydroxyl groups excluding tert-OH is 3. The number of carbonyl (C=O) groups excluding carboxylic acids is 14. The molecule has 14 amide bonds. The maximum Gasteiger partial charge on any atom is 0.303 e. The molecule has 0 radical (unpaired) electrons. The summed E-state index contributed by atoms with van der Waals surface area (Å²) in [7, 11) is 0. The van der Waals surface area contributed by atoms with Crippen molar-refractivity contribution in [1.29, 1.82) is 0 Å². The Balaban J connectivity index is 1.59. The zero-order valence-electron chi connectivity index (χ0n) is 60.0. The number of carboxylic acid groups (broad SMARTS) is 1. The Labute approximate surface area is 598 Å². The molecule has 4 heterocycles. The number of fused-ring (bicyclic) bond motifs is 5. The van der Waals surface area contributed by atoms with Crippen molar-refractivity contribution in [2.24, 2.45) is 45.7 Å². The molecule has 1 saturated carbocycles. The molecular weight excluding hydrogens is 1350 g/mol. The van der Waals surface area contributed by atoms with Crippen LogP contribution in [0.3, 0.4) is 0 Å². The van der Waals surface area contributed by atoms with Gasteiger partial charge < -0.3 is 111 Å². The SMILES string of the molecule is CC[C@H](C)[C@@H]1NC(=O)[C@H](CO)NC(=O)[C@H](C)NC(=O)[C@H]([C@@H](C)O)NC(=O)[C@H](C(C)C)NC(=O)[C@H](CCCN=C(N)N)NC(=O)[C@H](CCC(=O)O)NC(=O)[C@H]2CCCN2C(=O)[C@H]([C@@H](C)O)NC(=O)[C@H](CCCCN)NC(=O)[C@H](CCC(N)=O)NC(=O)[C@@H]2CC3CCCCC3N2C(=O)[C@@H]2CCCN2C1=O. The molecule has 37 heteroatoms. The first-order valence-corrected chi connectivity index (χ1v) is 35.9. The minimum absolute atomic E-state index is 0.00210. The summed E-state index contributed by atoms with van der Waals surface area (Å²) >= 11 is 0. The molecule has 1 aliphatic carbocycles. The molecule has 0 spiro atoms. The molecule has 0 bridgehead atoms. The van der Waals surface area contributed by atoms with Gasteiger partial charge in [0.1, 0.15) is 78.5 Å². The molecular formula is C66H110N18O19. The highest BCUT2D eigenvalue weighted by Gasteiger charge is 2.52. The summed E-state index contributed by atoms with van der Waals surface area (Å²) in [5.74, 6) is -16.6. The van der Waals surface area contributed by atoms with Gasteiger partial charge >= 0.3 is 5.97 Å². The minimum Gasteiger partial charge on any atom is -0.481 e. The Morgan fingerprint density at radius 3 is 1.51 bits per heavy atom. The van der Waals surface area contributed by atoms with E-state index >= 15 is 4.79 Å². The van der Waals surface area contributed by atoms with Gasteiger partial charge in [0, 0.05) is 38.5 Å². The Hall–Kier alpha value is -8.84. The first-order valence-electron chi connectivity index (χ1n) is 35.9. The summed E-state index contributed by atoms with van der Waals surface area (Å²) in [6, 6.07) is -20.5. The summed E-state index contributed by atoms with van der Waals surface area (Å²) in [4.78, 5) is 221. The second kappa shape index (κ2) is 40.3. The van der Waals surface area contributed by atoms with Crippen LogP contribution in [0.5, 0.6) is 0 Å². The van der Waals surface area contributed by atoms with Crippen LogP contribution < -0.4 is 76.1 Å². The molecule has 103 heavy (non-hydrogen) atoms. The van der Waals surface area contributed by atoms with Gasteiger partial charge in [-0.05, 0) is 135 Å². The van der Waals surface area contributed by atoms with Crippen molar-refractivity contribution in [2.75, 3.05) is 32.8 Å². The fourth-order valence-corrected chi connectivity index (χ4v) is 13.7. The molecule has 37 nitrogen and oxygen atoms in total. The summed E-state index contributed by atoms with van der Waals surface area (Å²) in [5.41, 5.74) is 22.5. The number of amides is 14. The van der Waals surface area contributed by atoms with E-state index in [1.807, 2.05) is 0 Å². The average molecular weight is 1460 g/mol. The largest absolute Gasteiger partial charge is 0.481 e. The lowest BCUT2D eigenvalue weighted by molar-refractivity contribution is -0.150. The number of guanidine groups is 1. The standard InChI is InChI=1S/C66H110N18O19/c1-8-33(4)50-64(102)83-29-15-21-45(83)63(101)84-43-19-10-9-16-37(43)30-46(84)60(98)76-40(22-24-47(68)88)54(92)73-38(17-11-12-26-67)57(95)81-52(36(7)87)65(103)82-28-14-20-44(82)59(97)75-41(23-25-48(89)90)55(93)74-39(18-13-27-71-66(69)70)56(94)78-49(32(2)3)61(99)80-51(35(6)86)62(100)72-34(5)53(91)77-42(31-85)58(96)79-50/h32-46,49-52,85-87H,8-31,67H2,1-7H3,(H2,68,88)(H,72,100)(H,73,92)(H,74,93)(H,75,97)(H,76,98)(H,77,91)(H,78,94)(H,79,96)(H,80,99)(H,81,95)(H,89,90)(H4,69,70,71)/t33-,34-,35+,36+,37?,38-,39-,40-,41-,42-,43?,44+,45-,46-,49-,50-,51-,52-/m0/s1. The third-order valence-electron chi connectivity index (χ3n) is 19.8. The topological polar surface area (TPSA) is 583 Å². The number of hydrogen-bond acceptors (Lipinski definition) is 20. The van der Waals surface area contributed by atoms with Crippen molar-refractivity contribution < 1.29 is 92.3 Å². The predicted octanol–water partition coefficient (Wildman–Crippen LogP) is -6.22. The van der Waals surface area contributed by atoms with Gasteiger partial charge in [-0.3, -0.25) is 76.9 Å². The molecule has 5 rings (SSSR count). The van der Waals surface area contributed by atoms with Gasteiger partial charge in [0.05, 0.1) is 18.8 Å². The number of carbonyl (C=O) groups is 15. The van der Waals surface area contributed by atoms with E-state index in [-0.39, 0.29) is 89.4 Å². The number of aliphatic imine (C=N–C) groups is 1. The Morgan fingerprint density at radius 1 is 0.505 bits per heavy atom. The fraction of sp³-hybridized carbons (Fsp3) is 0.758. The number of nitrogens with one attached hydrogen (secondary N) is 10. The van der Waals surface area contributed by atoms with E-state index in [9.17, 15) is 87.5 Å². The summed E-state index contributed by atoms with van der Waals surface area (Å²) in [6.45, 7) is 8.91. The number of nitrogens with zero attached hydrogens (tertiary/aromatic N) is 4. The number of nitrogens with two attached hydrogens (primary N) is 4. The van der Waals surface area contributed by atoms with Gasteiger partial charge in [-0.2, -0.15) is 0 Å². The third-order valence-corrected chi connectivity index (χ3v) is 19.8. The number of primary amides is 1. The molecule has 0 aromatic carbocycles.